The monoisotopic (exact) mass is 254 g/mol. The molecule has 98 valence electrons. The molecule has 0 saturated heterocycles. The van der Waals surface area contributed by atoms with Crippen LogP contribution in [0, 0.1) is 6.92 Å². The number of carbonyl (C=O) groups is 1. The van der Waals surface area contributed by atoms with Crippen molar-refractivity contribution in [3.63, 3.8) is 0 Å². The van der Waals surface area contributed by atoms with Gasteiger partial charge >= 0.3 is 0 Å². The van der Waals surface area contributed by atoms with E-state index in [1.54, 1.807) is 6.92 Å². The Bertz CT molecular complexity index is 559. The first-order valence-corrected chi connectivity index (χ1v) is 6.38. The maximum absolute atomic E-state index is 11.4. The average Bonchev–Trinajstić information content (AvgIpc) is 2.39. The highest BCUT2D eigenvalue weighted by Gasteiger charge is 2.03. The van der Waals surface area contributed by atoms with Crippen molar-refractivity contribution in [1.82, 2.24) is 0 Å². The van der Waals surface area contributed by atoms with Crippen molar-refractivity contribution in [1.29, 1.82) is 0 Å². The fraction of sp³-hybridized carbons (Fsp3) is 0.235. The first-order valence-electron chi connectivity index (χ1n) is 6.38. The summed E-state index contributed by atoms with van der Waals surface area (Å²) in [6, 6.07) is 15.9. The van der Waals surface area contributed by atoms with E-state index >= 15 is 0 Å². The number of aryl methyl sites for hydroxylation is 1. The summed E-state index contributed by atoms with van der Waals surface area (Å²) in [5.41, 5.74) is 4.03. The minimum atomic E-state index is 0.0907. The lowest BCUT2D eigenvalue weighted by atomic mass is 10.0. The van der Waals surface area contributed by atoms with Gasteiger partial charge in [-0.1, -0.05) is 42.0 Å². The Labute approximate surface area is 114 Å². The standard InChI is InChI=1S/C17H18O2/c1-13-8-16(10-17(9-13)14(2)18)12-19-11-15-6-4-3-5-7-15/h3-10H,11-12H2,1-2H3. The zero-order valence-electron chi connectivity index (χ0n) is 11.3. The van der Waals surface area contributed by atoms with Crippen LogP contribution in [0.25, 0.3) is 0 Å². The summed E-state index contributed by atoms with van der Waals surface area (Å²) in [6.45, 7) is 4.69. The highest BCUT2D eigenvalue weighted by molar-refractivity contribution is 5.94. The Hall–Kier alpha value is -1.93. The number of benzene rings is 2. The van der Waals surface area contributed by atoms with E-state index in [4.69, 9.17) is 4.74 Å². The summed E-state index contributed by atoms with van der Waals surface area (Å²) in [6.07, 6.45) is 0. The molecular formula is C17H18O2. The molecule has 2 aromatic carbocycles. The number of carbonyl (C=O) groups excluding carboxylic acids is 1. The van der Waals surface area contributed by atoms with Gasteiger partial charge in [0.15, 0.2) is 5.78 Å². The second-order valence-electron chi connectivity index (χ2n) is 4.74. The van der Waals surface area contributed by atoms with E-state index in [2.05, 4.69) is 6.07 Å². The van der Waals surface area contributed by atoms with Gasteiger partial charge in [0.1, 0.15) is 0 Å². The van der Waals surface area contributed by atoms with Crippen LogP contribution < -0.4 is 0 Å². The van der Waals surface area contributed by atoms with Gasteiger partial charge in [-0.2, -0.15) is 0 Å². The Kier molecular flexibility index (Phi) is 4.48. The number of hydrogen-bond donors (Lipinski definition) is 0. The molecule has 2 heteroatoms. The molecule has 0 radical (unpaired) electrons. The quantitative estimate of drug-likeness (QED) is 0.756. The van der Waals surface area contributed by atoms with Crippen LogP contribution in [0.5, 0.6) is 0 Å². The third kappa shape index (κ3) is 4.04. The first-order chi connectivity index (χ1) is 9.15. The van der Waals surface area contributed by atoms with Gasteiger partial charge in [-0.3, -0.25) is 4.79 Å². The number of ether oxygens (including phenoxy) is 1. The number of rotatable bonds is 5. The predicted molar refractivity (Wildman–Crippen MR) is 76.1 cm³/mol. The van der Waals surface area contributed by atoms with Gasteiger partial charge < -0.3 is 4.74 Å². The highest BCUT2D eigenvalue weighted by atomic mass is 16.5. The van der Waals surface area contributed by atoms with Crippen LogP contribution in [0.3, 0.4) is 0 Å². The Morgan fingerprint density at radius 2 is 1.68 bits per heavy atom. The van der Waals surface area contributed by atoms with E-state index in [9.17, 15) is 4.79 Å². The highest BCUT2D eigenvalue weighted by Crippen LogP contribution is 2.12. The molecule has 0 aliphatic rings. The van der Waals surface area contributed by atoms with Crippen LogP contribution in [-0.4, -0.2) is 5.78 Å². The molecule has 0 unspecified atom stereocenters. The maximum atomic E-state index is 11.4. The minimum absolute atomic E-state index is 0.0907. The Morgan fingerprint density at radius 3 is 2.37 bits per heavy atom. The van der Waals surface area contributed by atoms with Crippen molar-refractivity contribution in [3.05, 3.63) is 70.8 Å². The molecule has 19 heavy (non-hydrogen) atoms. The predicted octanol–water partition coefficient (Wildman–Crippen LogP) is 3.91. The van der Waals surface area contributed by atoms with Crippen LogP contribution in [0.1, 0.15) is 34.0 Å². The molecule has 0 aliphatic heterocycles. The van der Waals surface area contributed by atoms with Crippen LogP contribution in [0.15, 0.2) is 48.5 Å². The second-order valence-corrected chi connectivity index (χ2v) is 4.74. The van der Waals surface area contributed by atoms with Crippen LogP contribution in [0.2, 0.25) is 0 Å². The Morgan fingerprint density at radius 1 is 1.00 bits per heavy atom. The van der Waals surface area contributed by atoms with Gasteiger partial charge in [0.05, 0.1) is 13.2 Å². The Balaban J connectivity index is 1.98. The molecule has 0 heterocycles. The fourth-order valence-corrected chi connectivity index (χ4v) is 2.01. The molecule has 0 N–H and O–H groups in total. The van der Waals surface area contributed by atoms with Crippen molar-refractivity contribution in [2.75, 3.05) is 0 Å². The van der Waals surface area contributed by atoms with Gasteiger partial charge in [0.25, 0.3) is 0 Å². The molecule has 2 aromatic rings. The minimum Gasteiger partial charge on any atom is -0.372 e. The van der Waals surface area contributed by atoms with Crippen molar-refractivity contribution in [3.8, 4) is 0 Å². The molecule has 0 atom stereocenters. The largest absolute Gasteiger partial charge is 0.372 e. The van der Waals surface area contributed by atoms with E-state index in [-0.39, 0.29) is 5.78 Å². The summed E-state index contributed by atoms with van der Waals surface area (Å²) in [7, 11) is 0. The van der Waals surface area contributed by atoms with Gasteiger partial charge in [0, 0.05) is 5.56 Å². The summed E-state index contributed by atoms with van der Waals surface area (Å²) < 4.78 is 5.68. The van der Waals surface area contributed by atoms with E-state index < -0.39 is 0 Å². The summed E-state index contributed by atoms with van der Waals surface area (Å²) in [5.74, 6) is 0.0907. The molecule has 0 aromatic heterocycles. The van der Waals surface area contributed by atoms with E-state index in [1.165, 1.54) is 0 Å². The molecule has 0 bridgehead atoms. The molecule has 2 nitrogen and oxygen atoms in total. The third-order valence-electron chi connectivity index (χ3n) is 2.92. The van der Waals surface area contributed by atoms with Crippen molar-refractivity contribution >= 4 is 5.78 Å². The number of ketones is 1. The topological polar surface area (TPSA) is 26.3 Å². The SMILES string of the molecule is CC(=O)c1cc(C)cc(COCc2ccccc2)c1. The summed E-state index contributed by atoms with van der Waals surface area (Å²) >= 11 is 0. The summed E-state index contributed by atoms with van der Waals surface area (Å²) in [5, 5.41) is 0. The molecule has 0 saturated carbocycles. The number of Topliss-reactive ketones (excluding diaryl/α,β-unsaturated/α-hetero) is 1. The lowest BCUT2D eigenvalue weighted by molar-refractivity contribution is 0.101. The molecular weight excluding hydrogens is 236 g/mol. The average molecular weight is 254 g/mol. The molecule has 0 aliphatic carbocycles. The van der Waals surface area contributed by atoms with Crippen LogP contribution in [-0.2, 0) is 18.0 Å². The third-order valence-corrected chi connectivity index (χ3v) is 2.92. The lowest BCUT2D eigenvalue weighted by Crippen LogP contribution is -1.98. The van der Waals surface area contributed by atoms with Gasteiger partial charge in [-0.25, -0.2) is 0 Å². The van der Waals surface area contributed by atoms with Crippen molar-refractivity contribution in [2.24, 2.45) is 0 Å². The van der Waals surface area contributed by atoms with E-state index in [0.717, 1.165) is 22.3 Å². The van der Waals surface area contributed by atoms with Crippen molar-refractivity contribution < 1.29 is 9.53 Å². The van der Waals surface area contributed by atoms with Crippen molar-refractivity contribution in [2.45, 2.75) is 27.1 Å². The van der Waals surface area contributed by atoms with Gasteiger partial charge in [-0.15, -0.1) is 0 Å². The zero-order valence-corrected chi connectivity index (χ0v) is 11.3. The zero-order chi connectivity index (χ0) is 13.7. The summed E-state index contributed by atoms with van der Waals surface area (Å²) in [4.78, 5) is 11.4. The lowest BCUT2D eigenvalue weighted by Gasteiger charge is -2.07. The van der Waals surface area contributed by atoms with Gasteiger partial charge in [0.2, 0.25) is 0 Å². The normalized spacial score (nSPS) is 10.4. The van der Waals surface area contributed by atoms with E-state index in [1.807, 2.05) is 49.4 Å². The van der Waals surface area contributed by atoms with Crippen LogP contribution >= 0.6 is 0 Å². The second kappa shape index (κ2) is 6.30. The van der Waals surface area contributed by atoms with Crippen LogP contribution in [0.4, 0.5) is 0 Å². The molecule has 0 amide bonds. The van der Waals surface area contributed by atoms with Gasteiger partial charge in [-0.05, 0) is 37.1 Å². The molecule has 0 spiro atoms. The van der Waals surface area contributed by atoms with E-state index in [0.29, 0.717) is 13.2 Å². The maximum Gasteiger partial charge on any atom is 0.159 e. The first kappa shape index (κ1) is 13.5. The fourth-order valence-electron chi connectivity index (χ4n) is 2.01. The molecule has 0 fully saturated rings. The number of hydrogen-bond acceptors (Lipinski definition) is 2. The molecule has 2 rings (SSSR count). The smallest absolute Gasteiger partial charge is 0.159 e.